The zero-order chi connectivity index (χ0) is 11.6. The van der Waals surface area contributed by atoms with Crippen LogP contribution in [0.15, 0.2) is 12.3 Å². The fourth-order valence-corrected chi connectivity index (χ4v) is 1.61. The summed E-state index contributed by atoms with van der Waals surface area (Å²) in [6.07, 6.45) is 14.4. The van der Waals surface area contributed by atoms with Crippen LogP contribution in [0.25, 0.3) is 0 Å². The molecule has 0 saturated carbocycles. The molecule has 1 amide bonds. The number of hydrogen-bond acceptors (Lipinski definition) is 1. The van der Waals surface area contributed by atoms with Gasteiger partial charge in [0.25, 0.3) is 0 Å². The van der Waals surface area contributed by atoms with Crippen molar-refractivity contribution >= 4 is 5.91 Å². The number of carbonyl (C=O) groups is 1. The second-order valence-electron chi connectivity index (χ2n) is 3.77. The molecular formula is C14H17NO. The van der Waals surface area contributed by atoms with E-state index in [1.165, 1.54) is 0 Å². The van der Waals surface area contributed by atoms with Gasteiger partial charge in [0.2, 0.25) is 5.91 Å². The lowest BCUT2D eigenvalue weighted by molar-refractivity contribution is -0.129. The van der Waals surface area contributed by atoms with Gasteiger partial charge in [-0.15, -0.1) is 6.42 Å². The lowest BCUT2D eigenvalue weighted by Gasteiger charge is -2.21. The Balaban J connectivity index is 2.13. The van der Waals surface area contributed by atoms with Gasteiger partial charge in [0.15, 0.2) is 0 Å². The summed E-state index contributed by atoms with van der Waals surface area (Å²) in [6, 6.07) is 0. The van der Waals surface area contributed by atoms with E-state index in [0.717, 1.165) is 38.6 Å². The minimum Gasteiger partial charge on any atom is -0.319 e. The summed E-state index contributed by atoms with van der Waals surface area (Å²) in [5.74, 6) is 7.93. The van der Waals surface area contributed by atoms with Gasteiger partial charge in [-0.1, -0.05) is 12.0 Å². The summed E-state index contributed by atoms with van der Waals surface area (Å²) in [4.78, 5) is 13.5. The molecule has 0 saturated heterocycles. The van der Waals surface area contributed by atoms with Crippen LogP contribution < -0.4 is 0 Å². The van der Waals surface area contributed by atoms with Crippen molar-refractivity contribution in [2.45, 2.75) is 38.5 Å². The Hall–Kier alpha value is -1.67. The molecule has 2 heteroatoms. The average molecular weight is 215 g/mol. The van der Waals surface area contributed by atoms with Crippen molar-refractivity contribution in [2.24, 2.45) is 0 Å². The Morgan fingerprint density at radius 1 is 1.44 bits per heavy atom. The standard InChI is InChI=1S/C14H17NO/c1-2-3-4-5-6-8-11-14(16)15-12-9-7-10-13-15/h1,9,12H,5-8,10-11,13H2. The average Bonchev–Trinajstić information content (AvgIpc) is 2.34. The second kappa shape index (κ2) is 7.60. The van der Waals surface area contributed by atoms with Crippen molar-refractivity contribution in [3.63, 3.8) is 0 Å². The highest BCUT2D eigenvalue weighted by molar-refractivity contribution is 5.77. The lowest BCUT2D eigenvalue weighted by atomic mass is 10.1. The quantitative estimate of drug-likeness (QED) is 0.520. The van der Waals surface area contributed by atoms with Gasteiger partial charge in [-0.2, -0.15) is 0 Å². The molecule has 0 spiro atoms. The van der Waals surface area contributed by atoms with E-state index in [1.807, 2.05) is 11.1 Å². The minimum atomic E-state index is 0.223. The highest BCUT2D eigenvalue weighted by Gasteiger charge is 2.11. The second-order valence-corrected chi connectivity index (χ2v) is 3.77. The number of rotatable bonds is 4. The summed E-state index contributed by atoms with van der Waals surface area (Å²) in [7, 11) is 0. The molecule has 0 fully saturated rings. The zero-order valence-corrected chi connectivity index (χ0v) is 9.54. The first-order valence-electron chi connectivity index (χ1n) is 5.74. The molecular weight excluding hydrogens is 198 g/mol. The van der Waals surface area contributed by atoms with Gasteiger partial charge in [-0.05, 0) is 37.5 Å². The van der Waals surface area contributed by atoms with Crippen LogP contribution in [0.4, 0.5) is 0 Å². The van der Waals surface area contributed by atoms with E-state index in [0.29, 0.717) is 6.42 Å². The van der Waals surface area contributed by atoms with E-state index in [4.69, 9.17) is 6.42 Å². The third-order valence-corrected chi connectivity index (χ3v) is 2.48. The molecule has 1 heterocycles. The van der Waals surface area contributed by atoms with Gasteiger partial charge in [0.05, 0.1) is 0 Å². The fraction of sp³-hybridized carbons (Fsp3) is 0.500. The molecule has 0 bridgehead atoms. The molecule has 1 aliphatic rings. The zero-order valence-electron chi connectivity index (χ0n) is 9.54. The molecule has 0 unspecified atom stereocenters. The van der Waals surface area contributed by atoms with Crippen LogP contribution in [0, 0.1) is 24.2 Å². The molecule has 0 aromatic carbocycles. The molecule has 0 radical (unpaired) electrons. The molecule has 0 aromatic heterocycles. The lowest BCUT2D eigenvalue weighted by Crippen LogP contribution is -2.28. The van der Waals surface area contributed by atoms with E-state index in [2.05, 4.69) is 23.8 Å². The molecule has 0 N–H and O–H groups in total. The maximum absolute atomic E-state index is 11.7. The fourth-order valence-electron chi connectivity index (χ4n) is 1.61. The van der Waals surface area contributed by atoms with E-state index in [-0.39, 0.29) is 5.91 Å². The number of hydrogen-bond donors (Lipinski definition) is 0. The van der Waals surface area contributed by atoms with Crippen LogP contribution in [0.1, 0.15) is 38.5 Å². The number of amides is 1. The first-order valence-corrected chi connectivity index (χ1v) is 5.74. The predicted molar refractivity (Wildman–Crippen MR) is 65.2 cm³/mol. The highest BCUT2D eigenvalue weighted by Crippen LogP contribution is 2.09. The van der Waals surface area contributed by atoms with Gasteiger partial charge in [0.1, 0.15) is 0 Å². The Labute approximate surface area is 97.7 Å². The SMILES string of the molecule is C#CC#CCCCCC(=O)N1C=CCCC1. The first kappa shape index (κ1) is 12.4. The van der Waals surface area contributed by atoms with Crippen molar-refractivity contribution in [3.8, 4) is 24.2 Å². The molecule has 1 rings (SSSR count). The van der Waals surface area contributed by atoms with Gasteiger partial charge in [0, 0.05) is 25.6 Å². The van der Waals surface area contributed by atoms with Crippen molar-refractivity contribution in [1.82, 2.24) is 4.90 Å². The Morgan fingerprint density at radius 2 is 2.31 bits per heavy atom. The molecule has 0 atom stereocenters. The summed E-state index contributed by atoms with van der Waals surface area (Å²) in [5.41, 5.74) is 0. The third kappa shape index (κ3) is 4.71. The largest absolute Gasteiger partial charge is 0.319 e. The molecule has 84 valence electrons. The van der Waals surface area contributed by atoms with Crippen molar-refractivity contribution in [1.29, 1.82) is 0 Å². The summed E-state index contributed by atoms with van der Waals surface area (Å²) >= 11 is 0. The van der Waals surface area contributed by atoms with Crippen molar-refractivity contribution in [2.75, 3.05) is 6.54 Å². The Morgan fingerprint density at radius 3 is 3.00 bits per heavy atom. The van der Waals surface area contributed by atoms with E-state index >= 15 is 0 Å². The Bertz CT molecular complexity index is 351. The van der Waals surface area contributed by atoms with Crippen molar-refractivity contribution < 1.29 is 4.79 Å². The third-order valence-electron chi connectivity index (χ3n) is 2.48. The molecule has 1 aliphatic heterocycles. The number of unbranched alkanes of at least 4 members (excludes halogenated alkanes) is 2. The monoisotopic (exact) mass is 215 g/mol. The summed E-state index contributed by atoms with van der Waals surface area (Å²) in [6.45, 7) is 0.867. The molecule has 2 nitrogen and oxygen atoms in total. The van der Waals surface area contributed by atoms with Crippen molar-refractivity contribution in [3.05, 3.63) is 12.3 Å². The van der Waals surface area contributed by atoms with Gasteiger partial charge >= 0.3 is 0 Å². The normalized spacial score (nSPS) is 13.8. The molecule has 0 aliphatic carbocycles. The highest BCUT2D eigenvalue weighted by atomic mass is 16.2. The van der Waals surface area contributed by atoms with Gasteiger partial charge in [-0.3, -0.25) is 4.79 Å². The minimum absolute atomic E-state index is 0.223. The van der Waals surface area contributed by atoms with Crippen LogP contribution in [0.5, 0.6) is 0 Å². The van der Waals surface area contributed by atoms with E-state index < -0.39 is 0 Å². The number of carbonyl (C=O) groups excluding carboxylic acids is 1. The predicted octanol–water partition coefficient (Wildman–Crippen LogP) is 2.32. The van der Waals surface area contributed by atoms with Crippen LogP contribution in [-0.2, 0) is 4.79 Å². The van der Waals surface area contributed by atoms with Crippen LogP contribution in [0.3, 0.4) is 0 Å². The summed E-state index contributed by atoms with van der Waals surface area (Å²) in [5, 5.41) is 0. The van der Waals surface area contributed by atoms with Gasteiger partial charge in [-0.25, -0.2) is 0 Å². The maximum atomic E-state index is 11.7. The number of nitrogens with zero attached hydrogens (tertiary/aromatic N) is 1. The first-order chi connectivity index (χ1) is 7.84. The smallest absolute Gasteiger partial charge is 0.226 e. The maximum Gasteiger partial charge on any atom is 0.226 e. The van der Waals surface area contributed by atoms with E-state index in [1.54, 1.807) is 0 Å². The molecule has 0 aromatic rings. The van der Waals surface area contributed by atoms with Crippen LogP contribution >= 0.6 is 0 Å². The van der Waals surface area contributed by atoms with E-state index in [9.17, 15) is 4.79 Å². The number of terminal acetylenes is 1. The van der Waals surface area contributed by atoms with Gasteiger partial charge < -0.3 is 4.90 Å². The van der Waals surface area contributed by atoms with Crippen LogP contribution in [-0.4, -0.2) is 17.4 Å². The van der Waals surface area contributed by atoms with Crippen LogP contribution in [0.2, 0.25) is 0 Å². The number of allylic oxidation sites excluding steroid dienone is 1. The molecule has 16 heavy (non-hydrogen) atoms. The topological polar surface area (TPSA) is 20.3 Å². The Kier molecular flexibility index (Phi) is 5.89. The summed E-state index contributed by atoms with van der Waals surface area (Å²) < 4.78 is 0.